The summed E-state index contributed by atoms with van der Waals surface area (Å²) in [5, 5.41) is 2.87. The van der Waals surface area contributed by atoms with Crippen LogP contribution in [0.3, 0.4) is 0 Å². The Morgan fingerprint density at radius 1 is 1.19 bits per heavy atom. The highest BCUT2D eigenvalue weighted by atomic mass is 35.5. The maximum atomic E-state index is 12.7. The number of hydrogen-bond acceptors (Lipinski definition) is 5. The third kappa shape index (κ3) is 5.00. The van der Waals surface area contributed by atoms with E-state index in [0.717, 1.165) is 0 Å². The number of para-hydroxylation sites is 2. The third-order valence-electron chi connectivity index (χ3n) is 4.93. The number of ether oxygens (including phenoxy) is 1. The Kier molecular flexibility index (Phi) is 7.19. The van der Waals surface area contributed by atoms with Gasteiger partial charge in [0.2, 0.25) is 15.9 Å². The molecule has 2 amide bonds. The van der Waals surface area contributed by atoms with Crippen LogP contribution in [0.4, 0.5) is 11.4 Å². The first-order valence-corrected chi connectivity index (χ1v) is 11.7. The summed E-state index contributed by atoms with van der Waals surface area (Å²) in [5.41, 5.74) is 0.811. The molecule has 10 heteroatoms. The highest BCUT2D eigenvalue weighted by molar-refractivity contribution is 7.89. The van der Waals surface area contributed by atoms with Crippen LogP contribution in [-0.4, -0.2) is 50.8 Å². The Morgan fingerprint density at radius 2 is 1.90 bits per heavy atom. The summed E-state index contributed by atoms with van der Waals surface area (Å²) in [7, 11) is -3.69. The number of nitrogens with zero attached hydrogens (tertiary/aromatic N) is 2. The van der Waals surface area contributed by atoms with E-state index in [1.807, 2.05) is 0 Å². The molecule has 1 aliphatic rings. The molecule has 8 nitrogen and oxygen atoms in total. The van der Waals surface area contributed by atoms with Crippen LogP contribution in [0.2, 0.25) is 5.02 Å². The number of amides is 2. The maximum absolute atomic E-state index is 12.7. The van der Waals surface area contributed by atoms with Gasteiger partial charge in [0.25, 0.3) is 5.91 Å². The number of carbonyl (C=O) groups excluding carboxylic acids is 2. The van der Waals surface area contributed by atoms with Gasteiger partial charge in [0.1, 0.15) is 5.75 Å². The summed E-state index contributed by atoms with van der Waals surface area (Å²) in [5.74, 6) is -0.0484. The lowest BCUT2D eigenvalue weighted by molar-refractivity contribution is -0.121. The number of nitrogens with one attached hydrogen (secondary N) is 1. The van der Waals surface area contributed by atoms with Gasteiger partial charge in [0, 0.05) is 26.1 Å². The van der Waals surface area contributed by atoms with Crippen molar-refractivity contribution in [3.63, 3.8) is 0 Å². The van der Waals surface area contributed by atoms with Gasteiger partial charge in [-0.25, -0.2) is 8.42 Å². The van der Waals surface area contributed by atoms with Crippen molar-refractivity contribution in [1.82, 2.24) is 4.31 Å². The average molecular weight is 466 g/mol. The van der Waals surface area contributed by atoms with Crippen molar-refractivity contribution in [2.24, 2.45) is 0 Å². The van der Waals surface area contributed by atoms with Crippen molar-refractivity contribution in [3.8, 4) is 5.75 Å². The average Bonchev–Trinajstić information content (AvgIpc) is 2.75. The normalized spacial score (nSPS) is 13.7. The molecule has 1 heterocycles. The molecule has 0 saturated heterocycles. The summed E-state index contributed by atoms with van der Waals surface area (Å²) in [6.45, 7) is 4.24. The number of hydrogen-bond donors (Lipinski definition) is 1. The van der Waals surface area contributed by atoms with Crippen molar-refractivity contribution in [2.75, 3.05) is 36.5 Å². The van der Waals surface area contributed by atoms with Crippen LogP contribution < -0.4 is 15.0 Å². The molecule has 1 N–H and O–H groups in total. The third-order valence-corrected chi connectivity index (χ3v) is 7.30. The van der Waals surface area contributed by atoms with Crippen LogP contribution in [0.5, 0.6) is 5.75 Å². The molecule has 0 atom stereocenters. The van der Waals surface area contributed by atoms with Gasteiger partial charge in [0.05, 0.1) is 21.3 Å². The summed E-state index contributed by atoms with van der Waals surface area (Å²) < 4.78 is 32.2. The largest absolute Gasteiger partial charge is 0.482 e. The summed E-state index contributed by atoms with van der Waals surface area (Å²) in [4.78, 5) is 26.3. The molecule has 0 radical (unpaired) electrons. The Morgan fingerprint density at radius 3 is 2.61 bits per heavy atom. The number of fused-ring (bicyclic) bond motifs is 1. The molecule has 2 aromatic rings. The van der Waals surface area contributed by atoms with Gasteiger partial charge >= 0.3 is 0 Å². The second-order valence-electron chi connectivity index (χ2n) is 6.83. The molecule has 2 aromatic carbocycles. The lowest BCUT2D eigenvalue weighted by Crippen LogP contribution is -2.40. The van der Waals surface area contributed by atoms with E-state index in [-0.39, 0.29) is 41.1 Å². The zero-order valence-electron chi connectivity index (χ0n) is 17.3. The highest BCUT2D eigenvalue weighted by Gasteiger charge is 2.26. The minimum Gasteiger partial charge on any atom is -0.482 e. The molecule has 166 valence electrons. The van der Waals surface area contributed by atoms with Crippen LogP contribution in [0.15, 0.2) is 47.4 Å². The summed E-state index contributed by atoms with van der Waals surface area (Å²) in [6, 6.07) is 11.3. The second-order valence-corrected chi connectivity index (χ2v) is 9.18. The van der Waals surface area contributed by atoms with Gasteiger partial charge in [-0.15, -0.1) is 0 Å². The Hall–Kier alpha value is -2.62. The second kappa shape index (κ2) is 9.67. The van der Waals surface area contributed by atoms with Gasteiger partial charge in [0.15, 0.2) is 6.61 Å². The van der Waals surface area contributed by atoms with E-state index in [1.54, 1.807) is 38.1 Å². The lowest BCUT2D eigenvalue weighted by atomic mass is 10.2. The Labute approximate surface area is 186 Å². The number of halogens is 1. The first kappa shape index (κ1) is 23.1. The van der Waals surface area contributed by atoms with Crippen LogP contribution >= 0.6 is 11.6 Å². The van der Waals surface area contributed by atoms with Crippen LogP contribution in [0.25, 0.3) is 0 Å². The van der Waals surface area contributed by atoms with E-state index in [2.05, 4.69) is 5.32 Å². The van der Waals surface area contributed by atoms with E-state index in [9.17, 15) is 18.0 Å². The highest BCUT2D eigenvalue weighted by Crippen LogP contribution is 2.32. The van der Waals surface area contributed by atoms with Crippen LogP contribution in [0, 0.1) is 0 Å². The van der Waals surface area contributed by atoms with E-state index in [0.29, 0.717) is 24.5 Å². The van der Waals surface area contributed by atoms with Crippen molar-refractivity contribution in [1.29, 1.82) is 0 Å². The number of sulfonamides is 1. The molecule has 0 fully saturated rings. The monoisotopic (exact) mass is 465 g/mol. The maximum Gasteiger partial charge on any atom is 0.265 e. The lowest BCUT2D eigenvalue weighted by Gasteiger charge is -2.29. The first-order chi connectivity index (χ1) is 14.8. The molecule has 0 spiro atoms. The molecule has 0 aromatic heterocycles. The minimum atomic E-state index is -3.69. The van der Waals surface area contributed by atoms with Gasteiger partial charge in [-0.3, -0.25) is 9.59 Å². The Balaban J connectivity index is 1.72. The fourth-order valence-electron chi connectivity index (χ4n) is 3.30. The smallest absolute Gasteiger partial charge is 0.265 e. The predicted molar refractivity (Wildman–Crippen MR) is 119 cm³/mol. The molecule has 31 heavy (non-hydrogen) atoms. The number of carbonyl (C=O) groups is 2. The fourth-order valence-corrected chi connectivity index (χ4v) is 4.95. The van der Waals surface area contributed by atoms with E-state index < -0.39 is 15.9 Å². The predicted octanol–water partition coefficient (Wildman–Crippen LogP) is 3.12. The number of benzene rings is 2. The molecule has 0 aliphatic carbocycles. The SMILES string of the molecule is CCN(CC)S(=O)(=O)c1ccc(Cl)c(NC(=O)CCN2C(=O)COc3ccccc32)c1. The van der Waals surface area contributed by atoms with Gasteiger partial charge in [-0.2, -0.15) is 4.31 Å². The zero-order valence-corrected chi connectivity index (χ0v) is 18.9. The number of rotatable bonds is 8. The van der Waals surface area contributed by atoms with E-state index in [4.69, 9.17) is 16.3 Å². The van der Waals surface area contributed by atoms with Crippen molar-refractivity contribution in [2.45, 2.75) is 25.2 Å². The first-order valence-electron chi connectivity index (χ1n) is 9.89. The molecule has 0 bridgehead atoms. The molecule has 0 saturated carbocycles. The molecular weight excluding hydrogens is 442 g/mol. The molecule has 3 rings (SSSR count). The Bertz CT molecular complexity index is 1090. The van der Waals surface area contributed by atoms with Gasteiger partial charge in [-0.05, 0) is 30.3 Å². The van der Waals surface area contributed by atoms with E-state index in [1.165, 1.54) is 27.4 Å². The zero-order chi connectivity index (χ0) is 22.6. The molecule has 1 aliphatic heterocycles. The number of anilines is 2. The van der Waals surface area contributed by atoms with Crippen molar-refractivity contribution in [3.05, 3.63) is 47.5 Å². The van der Waals surface area contributed by atoms with Crippen LogP contribution in [0.1, 0.15) is 20.3 Å². The standard InChI is InChI=1S/C21H24ClN3O5S/c1-3-24(4-2)31(28,29)15-9-10-16(22)17(13-15)23-20(26)11-12-25-18-7-5-6-8-19(18)30-14-21(25)27/h5-10,13H,3-4,11-12,14H2,1-2H3,(H,23,26). The quantitative estimate of drug-likeness (QED) is 0.646. The van der Waals surface area contributed by atoms with E-state index >= 15 is 0 Å². The summed E-state index contributed by atoms with van der Waals surface area (Å²) in [6.07, 6.45) is 0.00340. The minimum absolute atomic E-state index is 0.00340. The molecular formula is C21H24ClN3O5S. The van der Waals surface area contributed by atoms with Crippen molar-refractivity contribution < 1.29 is 22.7 Å². The van der Waals surface area contributed by atoms with Crippen LogP contribution in [-0.2, 0) is 19.6 Å². The van der Waals surface area contributed by atoms with Gasteiger partial charge in [-0.1, -0.05) is 37.6 Å². The molecule has 0 unspecified atom stereocenters. The topological polar surface area (TPSA) is 96.0 Å². The summed E-state index contributed by atoms with van der Waals surface area (Å²) >= 11 is 6.17. The van der Waals surface area contributed by atoms with Gasteiger partial charge < -0.3 is 15.0 Å². The fraction of sp³-hybridized carbons (Fsp3) is 0.333. The van der Waals surface area contributed by atoms with Crippen molar-refractivity contribution >= 4 is 44.8 Å².